The van der Waals surface area contributed by atoms with Crippen LogP contribution in [0.5, 0.6) is 0 Å². The van der Waals surface area contributed by atoms with Gasteiger partial charge in [-0.15, -0.1) is 0 Å². The molecule has 0 bridgehead atoms. The lowest BCUT2D eigenvalue weighted by molar-refractivity contribution is -0.359. The molecular weight excluding hydrogens is 1230 g/mol. The van der Waals surface area contributed by atoms with Gasteiger partial charge in [0.25, 0.3) is 0 Å². The van der Waals surface area contributed by atoms with E-state index >= 15 is 0 Å². The normalized spacial score (nSPS) is 22.7. The number of unbranched alkanes of at least 4 members (excludes halogenated alkanes) is 34. The third kappa shape index (κ3) is 49.1. The first-order valence-electron chi connectivity index (χ1n) is 39.8. The molecule has 12 unspecified atom stereocenters. The second-order valence-electron chi connectivity index (χ2n) is 27.5. The van der Waals surface area contributed by atoms with Gasteiger partial charge in [-0.3, -0.25) is 4.79 Å². The zero-order valence-electron chi connectivity index (χ0n) is 61.7. The molecule has 2 heterocycles. The third-order valence-electron chi connectivity index (χ3n) is 18.7. The average molecular weight is 1380 g/mol. The molecule has 564 valence electrons. The maximum absolute atomic E-state index is 13.4. The predicted octanol–water partition coefficient (Wildman–Crippen LogP) is 18.0. The lowest BCUT2D eigenvalue weighted by atomic mass is 9.97. The molecule has 2 aliphatic rings. The van der Waals surface area contributed by atoms with Crippen LogP contribution >= 0.6 is 0 Å². The minimum absolute atomic E-state index is 0.244. The molecule has 98 heavy (non-hydrogen) atoms. The molecule has 2 fully saturated rings. The number of carbonyl (C=O) groups excluding carboxylic acids is 1. The molecule has 0 aliphatic carbocycles. The topological polar surface area (TPSA) is 228 Å². The van der Waals surface area contributed by atoms with Crippen LogP contribution in [-0.2, 0) is 23.7 Å². The second-order valence-corrected chi connectivity index (χ2v) is 27.5. The Balaban J connectivity index is 1.63. The Bertz CT molecular complexity index is 2110. The molecule has 14 heteroatoms. The Morgan fingerprint density at radius 2 is 0.704 bits per heavy atom. The first-order chi connectivity index (χ1) is 48.1. The molecule has 0 aromatic heterocycles. The number of aliphatic hydroxyl groups excluding tert-OH is 8. The molecule has 0 aromatic carbocycles. The Hall–Kier alpha value is -3.61. The summed E-state index contributed by atoms with van der Waals surface area (Å²) < 4.78 is 22.9. The highest BCUT2D eigenvalue weighted by atomic mass is 16.7. The van der Waals surface area contributed by atoms with Crippen molar-refractivity contribution in [2.45, 2.75) is 383 Å². The summed E-state index contributed by atoms with van der Waals surface area (Å²) in [7, 11) is 0. The summed E-state index contributed by atoms with van der Waals surface area (Å²) >= 11 is 0. The van der Waals surface area contributed by atoms with Gasteiger partial charge >= 0.3 is 0 Å². The Morgan fingerprint density at radius 1 is 0.378 bits per heavy atom. The maximum Gasteiger partial charge on any atom is 0.220 e. The van der Waals surface area contributed by atoms with Crippen molar-refractivity contribution in [2.75, 3.05) is 19.8 Å². The lowest BCUT2D eigenvalue weighted by Gasteiger charge is -2.46. The van der Waals surface area contributed by atoms with Crippen LogP contribution in [-0.4, -0.2) is 140 Å². The molecule has 0 saturated carbocycles. The molecule has 1 amide bonds. The predicted molar refractivity (Wildman–Crippen MR) is 405 cm³/mol. The molecule has 2 saturated heterocycles. The Kier molecular flexibility index (Phi) is 61.5. The van der Waals surface area contributed by atoms with Gasteiger partial charge in [0.15, 0.2) is 12.6 Å². The SMILES string of the molecule is CC/C=C\C/C=C\C/C=C\C/C=C\C/C=C\C/C=C\C/C=C\C/C=C\C/C=C\CCCCCCCCCCCCCC(=O)NC(COC1OC(CO)C(OC2OC(CO)C(O)C(O)C2O)C(O)C1O)C(O)/C=C/CCCCCCCCCCCCCCCCCCCCCCCCC. The van der Waals surface area contributed by atoms with E-state index in [1.165, 1.54) is 180 Å². The van der Waals surface area contributed by atoms with Gasteiger partial charge in [-0.05, 0) is 89.9 Å². The van der Waals surface area contributed by atoms with Crippen molar-refractivity contribution < 1.29 is 64.6 Å². The molecule has 14 nitrogen and oxygen atoms in total. The zero-order valence-corrected chi connectivity index (χ0v) is 61.7. The van der Waals surface area contributed by atoms with Gasteiger partial charge in [0.1, 0.15) is 48.8 Å². The fraction of sp³-hybridized carbons (Fsp3) is 0.750. The van der Waals surface area contributed by atoms with Crippen LogP contribution in [0, 0.1) is 0 Å². The van der Waals surface area contributed by atoms with Crippen molar-refractivity contribution in [1.82, 2.24) is 5.32 Å². The van der Waals surface area contributed by atoms with Gasteiger partial charge in [-0.1, -0.05) is 334 Å². The number of ether oxygens (including phenoxy) is 4. The Morgan fingerprint density at radius 3 is 1.08 bits per heavy atom. The van der Waals surface area contributed by atoms with Gasteiger partial charge in [0.2, 0.25) is 5.91 Å². The highest BCUT2D eigenvalue weighted by Crippen LogP contribution is 2.30. The van der Waals surface area contributed by atoms with Gasteiger partial charge in [-0.25, -0.2) is 0 Å². The first kappa shape index (κ1) is 90.5. The van der Waals surface area contributed by atoms with E-state index in [4.69, 9.17) is 18.9 Å². The van der Waals surface area contributed by atoms with E-state index in [1.54, 1.807) is 6.08 Å². The van der Waals surface area contributed by atoms with Crippen LogP contribution in [0.4, 0.5) is 0 Å². The van der Waals surface area contributed by atoms with Gasteiger partial charge in [0.05, 0.1) is 32.0 Å². The van der Waals surface area contributed by atoms with E-state index in [1.807, 2.05) is 6.08 Å². The molecule has 0 aromatic rings. The summed E-state index contributed by atoms with van der Waals surface area (Å²) in [5.41, 5.74) is 0. The summed E-state index contributed by atoms with van der Waals surface area (Å²) in [5.74, 6) is -0.244. The standard InChI is InChI=1S/C84H145NO13/c1-3-5-7-9-11-13-15-17-19-21-23-25-27-29-30-31-32-33-34-35-36-37-38-39-40-41-42-44-46-48-50-52-54-56-58-60-62-64-66-68-76(89)85-72(71-95-83-81(94)79(92)82(75(70-87)97-83)98-84-80(93)78(91)77(90)74(69-86)96-84)73(88)67-65-63-61-59-57-55-53-51-49-47-45-43-28-26-24-22-20-18-16-14-12-10-8-6-4-2/h5,7,11,13,17,19,23,25,29-30,32-33,35-36,38-39,41-42,65,67,72-75,77-84,86-88,90-94H,3-4,6,8-10,12,14-16,18,20-22,24,26-28,31,34,37,40,43-64,66,68-71H2,1-2H3,(H,85,89)/b7-5-,13-11-,19-17-,25-23-,30-29-,33-32-,36-35-,39-38-,42-41-,67-65+. The lowest BCUT2D eigenvalue weighted by Crippen LogP contribution is -2.65. The van der Waals surface area contributed by atoms with Crippen molar-refractivity contribution in [2.24, 2.45) is 0 Å². The summed E-state index contributed by atoms with van der Waals surface area (Å²) in [6, 6.07) is -0.926. The van der Waals surface area contributed by atoms with Crippen molar-refractivity contribution in [1.29, 1.82) is 0 Å². The molecule has 9 N–H and O–H groups in total. The average Bonchev–Trinajstić information content (AvgIpc) is 0.793. The van der Waals surface area contributed by atoms with E-state index in [9.17, 15) is 45.6 Å². The fourth-order valence-corrected chi connectivity index (χ4v) is 12.4. The number of allylic oxidation sites excluding steroid dienone is 19. The van der Waals surface area contributed by atoms with Crippen LogP contribution in [0.1, 0.15) is 309 Å². The van der Waals surface area contributed by atoms with Crippen LogP contribution in [0.3, 0.4) is 0 Å². The first-order valence-corrected chi connectivity index (χ1v) is 39.8. The van der Waals surface area contributed by atoms with E-state index in [2.05, 4.69) is 129 Å². The quantitative estimate of drug-likeness (QED) is 0.0204. The number of hydrogen-bond donors (Lipinski definition) is 9. The summed E-state index contributed by atoms with van der Waals surface area (Å²) in [6.07, 6.45) is 81.2. The van der Waals surface area contributed by atoms with Crippen LogP contribution in [0.2, 0.25) is 0 Å². The largest absolute Gasteiger partial charge is 0.394 e. The van der Waals surface area contributed by atoms with Crippen LogP contribution in [0.15, 0.2) is 122 Å². The van der Waals surface area contributed by atoms with Crippen molar-refractivity contribution >= 4 is 5.91 Å². The zero-order chi connectivity index (χ0) is 70.8. The van der Waals surface area contributed by atoms with Gasteiger partial charge in [0, 0.05) is 6.42 Å². The van der Waals surface area contributed by atoms with Gasteiger partial charge < -0.3 is 65.1 Å². The fourth-order valence-electron chi connectivity index (χ4n) is 12.4. The smallest absolute Gasteiger partial charge is 0.220 e. The highest BCUT2D eigenvalue weighted by molar-refractivity contribution is 5.76. The van der Waals surface area contributed by atoms with Crippen LogP contribution < -0.4 is 5.32 Å². The molecule has 2 aliphatic heterocycles. The highest BCUT2D eigenvalue weighted by Gasteiger charge is 2.51. The monoisotopic (exact) mass is 1380 g/mol. The van der Waals surface area contributed by atoms with Crippen LogP contribution in [0.25, 0.3) is 0 Å². The van der Waals surface area contributed by atoms with E-state index in [0.717, 1.165) is 103 Å². The minimum Gasteiger partial charge on any atom is -0.394 e. The van der Waals surface area contributed by atoms with Crippen molar-refractivity contribution in [3.05, 3.63) is 122 Å². The van der Waals surface area contributed by atoms with Crippen molar-refractivity contribution in [3.8, 4) is 0 Å². The summed E-state index contributed by atoms with van der Waals surface area (Å²) in [4.78, 5) is 13.4. The number of rotatable bonds is 65. The number of aliphatic hydroxyl groups is 8. The third-order valence-corrected chi connectivity index (χ3v) is 18.7. The van der Waals surface area contributed by atoms with E-state index in [-0.39, 0.29) is 18.9 Å². The number of carbonyl (C=O) groups is 1. The maximum atomic E-state index is 13.4. The second kappa shape index (κ2) is 66.6. The van der Waals surface area contributed by atoms with Gasteiger partial charge in [-0.2, -0.15) is 0 Å². The molecule has 2 rings (SSSR count). The Labute approximate surface area is 597 Å². The number of nitrogens with one attached hydrogen (secondary N) is 1. The molecule has 0 spiro atoms. The molecule has 0 radical (unpaired) electrons. The minimum atomic E-state index is -1.79. The van der Waals surface area contributed by atoms with E-state index < -0.39 is 86.8 Å². The molecule has 12 atom stereocenters. The molecular formula is C84H145NO13. The summed E-state index contributed by atoms with van der Waals surface area (Å²) in [6.45, 7) is 2.71. The van der Waals surface area contributed by atoms with E-state index in [0.29, 0.717) is 6.42 Å². The number of amides is 1. The summed E-state index contributed by atoms with van der Waals surface area (Å²) in [5, 5.41) is 87.7. The number of hydrogen-bond acceptors (Lipinski definition) is 13. The van der Waals surface area contributed by atoms with Crippen molar-refractivity contribution in [3.63, 3.8) is 0 Å².